The normalized spacial score (nSPS) is 11.2. The zero-order valence-electron chi connectivity index (χ0n) is 23.9. The second-order valence-electron chi connectivity index (χ2n) is 10.9. The summed E-state index contributed by atoms with van der Waals surface area (Å²) < 4.78 is 0. The first-order valence-electron chi connectivity index (χ1n) is 14.8. The fourth-order valence-corrected chi connectivity index (χ4v) is 5.85. The standard InChI is InChI=1S/C41H27N3/c1-2-9-34-25-35(23-20-28(34)7-1)40-26-39(43-41(44-40)38-13-5-10-32-8-3-4-12-37(32)38)33-21-18-30(19-22-33)29-14-16-31(17-15-29)36-11-6-24-42-27-36/h1-27H. The Hall–Kier alpha value is -5.93. The van der Waals surface area contributed by atoms with Crippen molar-refractivity contribution in [2.45, 2.75) is 0 Å². The Labute approximate surface area is 256 Å². The molecule has 0 saturated heterocycles. The monoisotopic (exact) mass is 561 g/mol. The molecule has 3 nitrogen and oxygen atoms in total. The number of aromatic nitrogens is 3. The topological polar surface area (TPSA) is 38.7 Å². The summed E-state index contributed by atoms with van der Waals surface area (Å²) in [6.45, 7) is 0. The van der Waals surface area contributed by atoms with E-state index in [2.05, 4.69) is 151 Å². The summed E-state index contributed by atoms with van der Waals surface area (Å²) in [4.78, 5) is 14.5. The molecule has 0 aliphatic carbocycles. The summed E-state index contributed by atoms with van der Waals surface area (Å²) in [6.07, 6.45) is 3.69. The molecule has 0 fully saturated rings. The van der Waals surface area contributed by atoms with Crippen LogP contribution in [-0.4, -0.2) is 15.0 Å². The average Bonchev–Trinajstić information content (AvgIpc) is 3.11. The molecule has 2 aromatic heterocycles. The molecule has 0 N–H and O–H groups in total. The molecule has 3 heteroatoms. The van der Waals surface area contributed by atoms with Gasteiger partial charge < -0.3 is 0 Å². The Kier molecular flexibility index (Phi) is 6.47. The van der Waals surface area contributed by atoms with Gasteiger partial charge in [0.25, 0.3) is 0 Å². The molecule has 8 rings (SSSR count). The van der Waals surface area contributed by atoms with E-state index in [1.54, 1.807) is 6.20 Å². The molecule has 0 aliphatic heterocycles. The highest BCUT2D eigenvalue weighted by atomic mass is 14.9. The summed E-state index contributed by atoms with van der Waals surface area (Å²) in [5.41, 5.74) is 9.53. The van der Waals surface area contributed by atoms with Gasteiger partial charge in [-0.05, 0) is 62.0 Å². The van der Waals surface area contributed by atoms with Crippen LogP contribution in [0.1, 0.15) is 0 Å². The van der Waals surface area contributed by atoms with Crippen LogP contribution in [0.4, 0.5) is 0 Å². The molecule has 2 heterocycles. The third-order valence-electron chi connectivity index (χ3n) is 8.20. The summed E-state index contributed by atoms with van der Waals surface area (Å²) in [6, 6.07) is 53.1. The van der Waals surface area contributed by atoms with Gasteiger partial charge in [-0.3, -0.25) is 4.98 Å². The molecular weight excluding hydrogens is 534 g/mol. The van der Waals surface area contributed by atoms with Crippen molar-refractivity contribution >= 4 is 21.5 Å². The van der Waals surface area contributed by atoms with E-state index in [-0.39, 0.29) is 0 Å². The van der Waals surface area contributed by atoms with Gasteiger partial charge in [0.15, 0.2) is 5.82 Å². The Balaban J connectivity index is 1.21. The highest BCUT2D eigenvalue weighted by molar-refractivity contribution is 5.96. The minimum absolute atomic E-state index is 0.720. The molecule has 6 aromatic carbocycles. The predicted octanol–water partition coefficient (Wildman–Crippen LogP) is 10.5. The molecule has 0 saturated carbocycles. The quantitative estimate of drug-likeness (QED) is 0.210. The predicted molar refractivity (Wildman–Crippen MR) is 182 cm³/mol. The highest BCUT2D eigenvalue weighted by Crippen LogP contribution is 2.33. The van der Waals surface area contributed by atoms with Crippen LogP contribution in [0.2, 0.25) is 0 Å². The van der Waals surface area contributed by atoms with E-state index >= 15 is 0 Å². The molecule has 0 radical (unpaired) electrons. The van der Waals surface area contributed by atoms with Gasteiger partial charge in [0, 0.05) is 29.1 Å². The van der Waals surface area contributed by atoms with E-state index in [1.165, 1.54) is 21.7 Å². The Morgan fingerprint density at radius 2 is 0.955 bits per heavy atom. The third-order valence-corrected chi connectivity index (χ3v) is 8.20. The van der Waals surface area contributed by atoms with Crippen LogP contribution in [0.25, 0.3) is 77.7 Å². The Bertz CT molecular complexity index is 2250. The van der Waals surface area contributed by atoms with Gasteiger partial charge in [-0.1, -0.05) is 133 Å². The van der Waals surface area contributed by atoms with Crippen LogP contribution in [0.5, 0.6) is 0 Å². The minimum atomic E-state index is 0.720. The molecule has 0 spiro atoms. The van der Waals surface area contributed by atoms with Crippen molar-refractivity contribution in [3.63, 3.8) is 0 Å². The number of fused-ring (bicyclic) bond motifs is 2. The molecule has 206 valence electrons. The van der Waals surface area contributed by atoms with Crippen molar-refractivity contribution in [3.05, 3.63) is 164 Å². The minimum Gasteiger partial charge on any atom is -0.264 e. The van der Waals surface area contributed by atoms with Crippen LogP contribution in [0.15, 0.2) is 164 Å². The number of nitrogens with zero attached hydrogens (tertiary/aromatic N) is 3. The lowest BCUT2D eigenvalue weighted by atomic mass is 9.99. The molecule has 0 aliphatic rings. The summed E-state index contributed by atoms with van der Waals surface area (Å²) in [5, 5.41) is 4.71. The number of hydrogen-bond donors (Lipinski definition) is 0. The second kappa shape index (κ2) is 11.0. The summed E-state index contributed by atoms with van der Waals surface area (Å²) in [5.74, 6) is 0.720. The van der Waals surface area contributed by atoms with Crippen molar-refractivity contribution in [1.82, 2.24) is 15.0 Å². The van der Waals surface area contributed by atoms with Gasteiger partial charge in [-0.25, -0.2) is 9.97 Å². The number of benzene rings is 6. The van der Waals surface area contributed by atoms with Gasteiger partial charge in [0.2, 0.25) is 0 Å². The van der Waals surface area contributed by atoms with E-state index in [0.717, 1.165) is 56.0 Å². The van der Waals surface area contributed by atoms with E-state index in [1.807, 2.05) is 12.3 Å². The van der Waals surface area contributed by atoms with Crippen molar-refractivity contribution in [1.29, 1.82) is 0 Å². The maximum absolute atomic E-state index is 5.14. The SMILES string of the molecule is c1cncc(-c2ccc(-c3ccc(-c4cc(-c5ccc6ccccc6c5)nc(-c5cccc6ccccc56)n4)cc3)cc2)c1. The van der Waals surface area contributed by atoms with Crippen molar-refractivity contribution in [2.75, 3.05) is 0 Å². The van der Waals surface area contributed by atoms with Crippen molar-refractivity contribution in [3.8, 4) is 56.2 Å². The average molecular weight is 562 g/mol. The van der Waals surface area contributed by atoms with Gasteiger partial charge >= 0.3 is 0 Å². The van der Waals surface area contributed by atoms with Crippen LogP contribution < -0.4 is 0 Å². The highest BCUT2D eigenvalue weighted by Gasteiger charge is 2.13. The fourth-order valence-electron chi connectivity index (χ4n) is 5.85. The van der Waals surface area contributed by atoms with E-state index in [9.17, 15) is 0 Å². The molecule has 0 atom stereocenters. The molecule has 0 unspecified atom stereocenters. The van der Waals surface area contributed by atoms with Crippen molar-refractivity contribution < 1.29 is 0 Å². The first-order valence-corrected chi connectivity index (χ1v) is 14.8. The van der Waals surface area contributed by atoms with E-state index in [4.69, 9.17) is 9.97 Å². The smallest absolute Gasteiger partial charge is 0.161 e. The van der Waals surface area contributed by atoms with Gasteiger partial charge in [0.1, 0.15) is 0 Å². The second-order valence-corrected chi connectivity index (χ2v) is 10.9. The molecule has 0 bridgehead atoms. The lowest BCUT2D eigenvalue weighted by Crippen LogP contribution is -1.96. The molecule has 44 heavy (non-hydrogen) atoms. The van der Waals surface area contributed by atoms with E-state index in [0.29, 0.717) is 0 Å². The molecule has 8 aromatic rings. The zero-order chi connectivity index (χ0) is 29.3. The first kappa shape index (κ1) is 25.8. The largest absolute Gasteiger partial charge is 0.264 e. The van der Waals surface area contributed by atoms with Gasteiger partial charge in [0.05, 0.1) is 11.4 Å². The molecule has 0 amide bonds. The van der Waals surface area contributed by atoms with Crippen LogP contribution in [-0.2, 0) is 0 Å². The first-order chi connectivity index (χ1) is 21.8. The number of hydrogen-bond acceptors (Lipinski definition) is 3. The lowest BCUT2D eigenvalue weighted by Gasteiger charge is -2.12. The summed E-state index contributed by atoms with van der Waals surface area (Å²) >= 11 is 0. The lowest BCUT2D eigenvalue weighted by molar-refractivity contribution is 1.19. The van der Waals surface area contributed by atoms with Gasteiger partial charge in [-0.15, -0.1) is 0 Å². The third kappa shape index (κ3) is 4.91. The van der Waals surface area contributed by atoms with Crippen LogP contribution >= 0.6 is 0 Å². The Morgan fingerprint density at radius 1 is 0.364 bits per heavy atom. The zero-order valence-corrected chi connectivity index (χ0v) is 23.9. The van der Waals surface area contributed by atoms with Crippen molar-refractivity contribution in [2.24, 2.45) is 0 Å². The Morgan fingerprint density at radius 3 is 1.68 bits per heavy atom. The van der Waals surface area contributed by atoms with E-state index < -0.39 is 0 Å². The summed E-state index contributed by atoms with van der Waals surface area (Å²) in [7, 11) is 0. The van der Waals surface area contributed by atoms with Crippen LogP contribution in [0, 0.1) is 0 Å². The maximum atomic E-state index is 5.14. The maximum Gasteiger partial charge on any atom is 0.161 e. The fraction of sp³-hybridized carbons (Fsp3) is 0. The van der Waals surface area contributed by atoms with Gasteiger partial charge in [-0.2, -0.15) is 0 Å². The van der Waals surface area contributed by atoms with Crippen LogP contribution in [0.3, 0.4) is 0 Å². The number of rotatable bonds is 5. The number of pyridine rings is 1. The molecular formula is C41H27N3.